The molecule has 1 fully saturated rings. The Bertz CT molecular complexity index is 1540. The van der Waals surface area contributed by atoms with Crippen LogP contribution in [0.25, 0.3) is 0 Å². The third-order valence-electron chi connectivity index (χ3n) is 10.7. The predicted molar refractivity (Wildman–Crippen MR) is 200 cm³/mol. The maximum Gasteiger partial charge on any atom is 0.239 e. The van der Waals surface area contributed by atoms with Gasteiger partial charge in [0.2, 0.25) is 11.8 Å². The number of benzene rings is 4. The molecule has 0 spiro atoms. The molecule has 6 nitrogen and oxygen atoms in total. The summed E-state index contributed by atoms with van der Waals surface area (Å²) in [7, 11) is 0. The molecule has 4 aromatic rings. The van der Waals surface area contributed by atoms with Crippen molar-refractivity contribution in [1.29, 1.82) is 0 Å². The molecule has 2 unspecified atom stereocenters. The van der Waals surface area contributed by atoms with Crippen molar-refractivity contribution in [3.8, 4) is 0 Å². The number of hydrogen-bond donors (Lipinski definition) is 3. The van der Waals surface area contributed by atoms with Crippen LogP contribution in [0.1, 0.15) is 95.9 Å². The monoisotopic (exact) mass is 674 g/mol. The first-order valence-electron chi connectivity index (χ1n) is 17.9. The maximum atomic E-state index is 16.1. The number of amides is 2. The van der Waals surface area contributed by atoms with Gasteiger partial charge >= 0.3 is 0 Å². The minimum absolute atomic E-state index is 0.301. The number of carbonyl (C=O) groups is 2. The molecule has 2 amide bonds. The molecule has 0 aromatic heterocycles. The zero-order valence-corrected chi connectivity index (χ0v) is 30.5. The first-order valence-corrected chi connectivity index (χ1v) is 17.9. The summed E-state index contributed by atoms with van der Waals surface area (Å²) in [6.45, 7) is 12.1. The van der Waals surface area contributed by atoms with Crippen molar-refractivity contribution >= 4 is 11.8 Å². The molecule has 50 heavy (non-hydrogen) atoms. The Morgan fingerprint density at radius 3 is 1.08 bits per heavy atom. The Hall–Kier alpha value is -4.26. The van der Waals surface area contributed by atoms with Gasteiger partial charge in [0, 0.05) is 0 Å². The summed E-state index contributed by atoms with van der Waals surface area (Å²) < 4.78 is 0. The lowest BCUT2D eigenvalue weighted by Crippen LogP contribution is -2.71. The second-order valence-electron chi connectivity index (χ2n) is 16.3. The third kappa shape index (κ3) is 6.63. The van der Waals surface area contributed by atoms with E-state index < -0.39 is 51.3 Å². The van der Waals surface area contributed by atoms with Gasteiger partial charge in [0.15, 0.2) is 0 Å². The van der Waals surface area contributed by atoms with Crippen molar-refractivity contribution in [2.24, 2.45) is 22.0 Å². The Morgan fingerprint density at radius 2 is 0.840 bits per heavy atom. The Morgan fingerprint density at radius 1 is 0.560 bits per heavy atom. The van der Waals surface area contributed by atoms with E-state index in [1.807, 2.05) is 163 Å². The Kier molecular flexibility index (Phi) is 10.5. The molecule has 0 aliphatic heterocycles. The van der Waals surface area contributed by atoms with E-state index in [1.165, 1.54) is 0 Å². The number of carbonyl (C=O) groups excluding carboxylic acids is 2. The average Bonchev–Trinajstić information content (AvgIpc) is 3.11. The van der Waals surface area contributed by atoms with Gasteiger partial charge in [0.1, 0.15) is 16.6 Å². The molecule has 0 bridgehead atoms. The van der Waals surface area contributed by atoms with Crippen LogP contribution in [0.2, 0.25) is 0 Å². The second kappa shape index (κ2) is 14.2. The molecule has 2 atom stereocenters. The Labute approximate surface area is 298 Å². The normalized spacial score (nSPS) is 16.6. The molecule has 0 radical (unpaired) electrons. The van der Waals surface area contributed by atoms with Crippen LogP contribution < -0.4 is 5.73 Å². The highest BCUT2D eigenvalue weighted by Crippen LogP contribution is 2.53. The van der Waals surface area contributed by atoms with Crippen molar-refractivity contribution in [2.75, 3.05) is 0 Å². The predicted octanol–water partition coefficient (Wildman–Crippen LogP) is 7.95. The molecule has 4 aromatic carbocycles. The number of primary amides is 1. The van der Waals surface area contributed by atoms with Gasteiger partial charge in [-0.3, -0.25) is 9.59 Å². The Balaban J connectivity index is 1.97. The van der Waals surface area contributed by atoms with E-state index in [0.717, 1.165) is 6.42 Å². The van der Waals surface area contributed by atoms with Crippen LogP contribution in [0.15, 0.2) is 121 Å². The molecule has 5 rings (SSSR count). The van der Waals surface area contributed by atoms with E-state index in [0.29, 0.717) is 47.9 Å². The fourth-order valence-corrected chi connectivity index (χ4v) is 8.58. The van der Waals surface area contributed by atoms with Gasteiger partial charge in [-0.2, -0.15) is 0 Å². The average molecular weight is 675 g/mol. The fraction of sp³-hybridized carbons (Fsp3) is 0.409. The summed E-state index contributed by atoms with van der Waals surface area (Å²) in [5.74, 6) is -1.13. The summed E-state index contributed by atoms with van der Waals surface area (Å²) in [5, 5.41) is 27.4. The van der Waals surface area contributed by atoms with Gasteiger partial charge in [-0.1, -0.05) is 182 Å². The van der Waals surface area contributed by atoms with Crippen LogP contribution >= 0.6 is 0 Å². The minimum atomic E-state index is -1.79. The minimum Gasteiger partial charge on any atom is -0.378 e. The molecule has 0 heterocycles. The third-order valence-corrected chi connectivity index (χ3v) is 10.7. The molecule has 6 heteroatoms. The number of hydrogen-bond acceptors (Lipinski definition) is 4. The fourth-order valence-electron chi connectivity index (χ4n) is 8.58. The van der Waals surface area contributed by atoms with Gasteiger partial charge in [0.05, 0.1) is 12.1 Å². The van der Waals surface area contributed by atoms with Gasteiger partial charge in [0.25, 0.3) is 0 Å². The van der Waals surface area contributed by atoms with Crippen LogP contribution in [0.5, 0.6) is 0 Å². The number of nitrogens with two attached hydrogens (primary N) is 1. The summed E-state index contributed by atoms with van der Waals surface area (Å²) in [4.78, 5) is 31.6. The molecule has 1 aliphatic rings. The van der Waals surface area contributed by atoms with E-state index in [9.17, 15) is 15.0 Å². The second-order valence-corrected chi connectivity index (χ2v) is 16.3. The lowest BCUT2D eigenvalue weighted by atomic mass is 9.62. The van der Waals surface area contributed by atoms with Crippen LogP contribution in [-0.2, 0) is 20.8 Å². The molecule has 264 valence electrons. The molecular weight excluding hydrogens is 620 g/mol. The maximum absolute atomic E-state index is 16.1. The van der Waals surface area contributed by atoms with E-state index >= 15 is 4.79 Å². The van der Waals surface area contributed by atoms with Crippen molar-refractivity contribution < 1.29 is 19.8 Å². The lowest BCUT2D eigenvalue weighted by Gasteiger charge is -2.59. The van der Waals surface area contributed by atoms with Gasteiger partial charge < -0.3 is 20.8 Å². The van der Waals surface area contributed by atoms with Crippen molar-refractivity contribution in [3.05, 3.63) is 144 Å². The van der Waals surface area contributed by atoms with Crippen LogP contribution in [0.3, 0.4) is 0 Å². The first-order chi connectivity index (χ1) is 23.6. The molecule has 1 aliphatic carbocycles. The number of aliphatic hydroxyl groups is 2. The first kappa shape index (κ1) is 37.0. The van der Waals surface area contributed by atoms with Crippen LogP contribution in [-0.4, -0.2) is 39.0 Å². The van der Waals surface area contributed by atoms with Crippen molar-refractivity contribution in [3.63, 3.8) is 0 Å². The highest BCUT2D eigenvalue weighted by Gasteiger charge is 2.62. The van der Waals surface area contributed by atoms with E-state index in [1.54, 1.807) is 4.90 Å². The molecular formula is C44H54N2O4. The number of nitrogens with zero attached hydrogens (tertiary/aromatic N) is 1. The largest absolute Gasteiger partial charge is 0.378 e. The van der Waals surface area contributed by atoms with Crippen LogP contribution in [0, 0.1) is 16.2 Å². The standard InChI is InChI=1S/C44H54N2O4/c1-40(2,3)36(43(49,32-22-12-7-13-23-32)33-24-14-8-15-25-33)46(39(48)42(38(45)47)30-20-11-21-31-42)37(41(4,5)6)44(50,34-26-16-9-17-27-34)35-28-18-10-19-29-35/h7-10,12-19,22-29,36-37,49-50H,11,20-21,30-31H2,1-6H3,(H2,45,47). The zero-order valence-electron chi connectivity index (χ0n) is 30.5. The van der Waals surface area contributed by atoms with Crippen molar-refractivity contribution in [2.45, 2.75) is 96.9 Å². The van der Waals surface area contributed by atoms with Gasteiger partial charge in [-0.05, 0) is 45.9 Å². The van der Waals surface area contributed by atoms with Crippen LogP contribution in [0.4, 0.5) is 0 Å². The SMILES string of the molecule is CC(C)(C)C(N(C(=O)C1(C(N)=O)CCCCC1)C(C(C)(C)C)C(O)(c1ccccc1)c1ccccc1)C(O)(c1ccccc1)c1ccccc1. The quantitative estimate of drug-likeness (QED) is 0.149. The van der Waals surface area contributed by atoms with E-state index in [2.05, 4.69) is 0 Å². The molecule has 1 saturated carbocycles. The van der Waals surface area contributed by atoms with Crippen molar-refractivity contribution in [1.82, 2.24) is 4.90 Å². The highest BCUT2D eigenvalue weighted by atomic mass is 16.3. The molecule has 4 N–H and O–H groups in total. The number of rotatable bonds is 10. The summed E-state index contributed by atoms with van der Waals surface area (Å²) in [6, 6.07) is 35.7. The summed E-state index contributed by atoms with van der Waals surface area (Å²) in [5.41, 5.74) is 1.95. The topological polar surface area (TPSA) is 104 Å². The molecule has 0 saturated heterocycles. The lowest BCUT2D eigenvalue weighted by molar-refractivity contribution is -0.186. The van der Waals surface area contributed by atoms with Gasteiger partial charge in [-0.15, -0.1) is 0 Å². The smallest absolute Gasteiger partial charge is 0.239 e. The highest BCUT2D eigenvalue weighted by molar-refractivity contribution is 6.05. The summed E-state index contributed by atoms with van der Waals surface area (Å²) in [6.07, 6.45) is 2.84. The summed E-state index contributed by atoms with van der Waals surface area (Å²) >= 11 is 0. The van der Waals surface area contributed by atoms with E-state index in [-0.39, 0.29) is 0 Å². The van der Waals surface area contributed by atoms with E-state index in [4.69, 9.17) is 5.73 Å². The van der Waals surface area contributed by atoms with Gasteiger partial charge in [-0.25, -0.2) is 0 Å². The zero-order chi connectivity index (χ0) is 36.4.